The van der Waals surface area contributed by atoms with Crippen LogP contribution in [-0.2, 0) is 0 Å². The Morgan fingerprint density at radius 1 is 1.56 bits per heavy atom. The third kappa shape index (κ3) is 1.70. The summed E-state index contributed by atoms with van der Waals surface area (Å²) in [5.41, 5.74) is -0.0609. The van der Waals surface area contributed by atoms with Crippen molar-refractivity contribution in [2.45, 2.75) is 19.8 Å². The molecule has 92 valence electrons. The molecule has 0 aliphatic heterocycles. The van der Waals surface area contributed by atoms with E-state index in [-0.39, 0.29) is 17.3 Å². The van der Waals surface area contributed by atoms with Crippen LogP contribution in [0.2, 0.25) is 0 Å². The van der Waals surface area contributed by atoms with E-state index in [0.29, 0.717) is 11.7 Å². The van der Waals surface area contributed by atoms with Crippen molar-refractivity contribution < 1.29 is 4.52 Å². The van der Waals surface area contributed by atoms with Gasteiger partial charge in [0.2, 0.25) is 11.7 Å². The van der Waals surface area contributed by atoms with Crippen LogP contribution in [0.15, 0.2) is 20.4 Å². The van der Waals surface area contributed by atoms with Crippen LogP contribution in [0.4, 0.5) is 0 Å². The Balaban J connectivity index is 1.90. The van der Waals surface area contributed by atoms with Crippen LogP contribution in [0, 0.1) is 22.7 Å². The molecule has 0 amide bonds. The first kappa shape index (κ1) is 11.9. The van der Waals surface area contributed by atoms with Crippen LogP contribution < -0.4 is 0 Å². The van der Waals surface area contributed by atoms with Crippen LogP contribution in [0.3, 0.4) is 0 Å². The molecule has 6 heteroatoms. The Hall–Kier alpha value is -1.19. The lowest BCUT2D eigenvalue weighted by molar-refractivity contribution is 0.368. The van der Waals surface area contributed by atoms with Gasteiger partial charge < -0.3 is 4.52 Å². The van der Waals surface area contributed by atoms with Gasteiger partial charge in [0, 0.05) is 9.85 Å². The van der Waals surface area contributed by atoms with Crippen molar-refractivity contribution in [1.29, 1.82) is 5.26 Å². The highest BCUT2D eigenvalue weighted by Crippen LogP contribution is 2.63. The quantitative estimate of drug-likeness (QED) is 0.842. The van der Waals surface area contributed by atoms with Crippen LogP contribution in [-0.4, -0.2) is 10.1 Å². The van der Waals surface area contributed by atoms with Gasteiger partial charge in [-0.3, -0.25) is 0 Å². The number of thiophene rings is 1. The molecule has 0 radical (unpaired) electrons. The maximum absolute atomic E-state index is 9.06. The molecule has 3 rings (SSSR count). The highest BCUT2D eigenvalue weighted by molar-refractivity contribution is 9.10. The van der Waals surface area contributed by atoms with E-state index < -0.39 is 0 Å². The number of halogens is 1. The topological polar surface area (TPSA) is 62.7 Å². The number of nitrogens with zero attached hydrogens (tertiary/aromatic N) is 3. The van der Waals surface area contributed by atoms with Gasteiger partial charge in [-0.1, -0.05) is 19.0 Å². The largest absolute Gasteiger partial charge is 0.339 e. The molecule has 1 fully saturated rings. The van der Waals surface area contributed by atoms with E-state index in [0.717, 1.165) is 9.35 Å². The minimum Gasteiger partial charge on any atom is -0.339 e. The molecule has 1 aliphatic carbocycles. The normalized spacial score (nSPS) is 24.8. The summed E-state index contributed by atoms with van der Waals surface area (Å²) in [5, 5.41) is 15.0. The van der Waals surface area contributed by atoms with Gasteiger partial charge in [0.05, 0.1) is 22.8 Å². The zero-order chi connectivity index (χ0) is 12.9. The molecular weight excluding hydrogens is 314 g/mol. The standard InChI is InChI=1S/C12H10BrN3OS/c1-12(2)7(4-14)9(12)11-15-10(16-17-11)8-3-6(13)5-18-8/h3,5,7,9H,1-2H3. The van der Waals surface area contributed by atoms with Crippen molar-refractivity contribution in [3.8, 4) is 16.8 Å². The Morgan fingerprint density at radius 2 is 2.33 bits per heavy atom. The number of nitriles is 1. The molecule has 2 aromatic rings. The van der Waals surface area contributed by atoms with Crippen LogP contribution in [0.5, 0.6) is 0 Å². The lowest BCUT2D eigenvalue weighted by Crippen LogP contribution is -1.90. The Labute approximate surface area is 117 Å². The minimum absolute atomic E-state index is 0.0270. The maximum Gasteiger partial charge on any atom is 0.232 e. The Bertz CT molecular complexity index is 640. The van der Waals surface area contributed by atoms with Gasteiger partial charge in [-0.25, -0.2) is 0 Å². The second-order valence-electron chi connectivity index (χ2n) is 4.99. The van der Waals surface area contributed by atoms with Crippen molar-refractivity contribution in [2.75, 3.05) is 0 Å². The zero-order valence-electron chi connectivity index (χ0n) is 9.85. The van der Waals surface area contributed by atoms with Gasteiger partial charge in [0.25, 0.3) is 0 Å². The molecule has 4 nitrogen and oxygen atoms in total. The van der Waals surface area contributed by atoms with E-state index in [1.54, 1.807) is 11.3 Å². The molecule has 0 spiro atoms. The highest BCUT2D eigenvalue weighted by Gasteiger charge is 2.62. The smallest absolute Gasteiger partial charge is 0.232 e. The van der Waals surface area contributed by atoms with Gasteiger partial charge in [-0.05, 0) is 27.4 Å². The fraction of sp³-hybridized carbons (Fsp3) is 0.417. The fourth-order valence-electron chi connectivity index (χ4n) is 2.23. The molecular formula is C12H10BrN3OS. The van der Waals surface area contributed by atoms with E-state index in [9.17, 15) is 0 Å². The maximum atomic E-state index is 9.06. The number of hydrogen-bond donors (Lipinski definition) is 0. The number of rotatable bonds is 2. The molecule has 0 saturated heterocycles. The van der Waals surface area contributed by atoms with E-state index in [1.165, 1.54) is 0 Å². The second-order valence-corrected chi connectivity index (χ2v) is 6.82. The van der Waals surface area contributed by atoms with E-state index in [4.69, 9.17) is 9.78 Å². The SMILES string of the molecule is CC1(C)C(C#N)C1c1nc(-c2cc(Br)cs2)no1. The Morgan fingerprint density at radius 3 is 2.89 bits per heavy atom. The zero-order valence-corrected chi connectivity index (χ0v) is 12.2. The minimum atomic E-state index is -0.0609. The summed E-state index contributed by atoms with van der Waals surface area (Å²) in [6.07, 6.45) is 0. The van der Waals surface area contributed by atoms with Crippen LogP contribution in [0.1, 0.15) is 25.7 Å². The van der Waals surface area contributed by atoms with Crippen molar-refractivity contribution in [3.63, 3.8) is 0 Å². The molecule has 2 atom stereocenters. The molecule has 18 heavy (non-hydrogen) atoms. The predicted octanol–water partition coefficient (Wildman–Crippen LogP) is 3.82. The summed E-state index contributed by atoms with van der Waals surface area (Å²) in [4.78, 5) is 5.37. The molecule has 0 N–H and O–H groups in total. The van der Waals surface area contributed by atoms with Crippen molar-refractivity contribution in [3.05, 3.63) is 21.8 Å². The van der Waals surface area contributed by atoms with Gasteiger partial charge >= 0.3 is 0 Å². The van der Waals surface area contributed by atoms with Crippen molar-refractivity contribution in [1.82, 2.24) is 10.1 Å². The monoisotopic (exact) mass is 323 g/mol. The van der Waals surface area contributed by atoms with E-state index >= 15 is 0 Å². The first-order chi connectivity index (χ1) is 8.54. The average Bonchev–Trinajstić information content (AvgIpc) is 2.77. The summed E-state index contributed by atoms with van der Waals surface area (Å²) in [7, 11) is 0. The van der Waals surface area contributed by atoms with Gasteiger partial charge in [0.15, 0.2) is 0 Å². The molecule has 2 aromatic heterocycles. The van der Waals surface area contributed by atoms with Gasteiger partial charge in [0.1, 0.15) is 0 Å². The first-order valence-electron chi connectivity index (χ1n) is 5.51. The average molecular weight is 324 g/mol. The van der Waals surface area contributed by atoms with E-state index in [2.05, 4.69) is 46.0 Å². The van der Waals surface area contributed by atoms with Crippen molar-refractivity contribution in [2.24, 2.45) is 11.3 Å². The third-order valence-electron chi connectivity index (χ3n) is 3.46. The van der Waals surface area contributed by atoms with Crippen LogP contribution in [0.25, 0.3) is 10.7 Å². The summed E-state index contributed by atoms with van der Waals surface area (Å²) >= 11 is 4.96. The second kappa shape index (κ2) is 3.90. The molecule has 0 aromatic carbocycles. The van der Waals surface area contributed by atoms with Crippen molar-refractivity contribution >= 4 is 27.3 Å². The summed E-state index contributed by atoms with van der Waals surface area (Å²) < 4.78 is 6.31. The highest BCUT2D eigenvalue weighted by atomic mass is 79.9. The molecule has 2 heterocycles. The lowest BCUT2D eigenvalue weighted by Gasteiger charge is -1.95. The van der Waals surface area contributed by atoms with Gasteiger partial charge in [-0.15, -0.1) is 11.3 Å². The van der Waals surface area contributed by atoms with Crippen LogP contribution >= 0.6 is 27.3 Å². The van der Waals surface area contributed by atoms with E-state index in [1.807, 2.05) is 11.4 Å². The first-order valence-corrected chi connectivity index (χ1v) is 7.19. The Kier molecular flexibility index (Phi) is 2.57. The molecule has 1 saturated carbocycles. The molecule has 2 unspecified atom stereocenters. The summed E-state index contributed by atoms with van der Waals surface area (Å²) in [6, 6.07) is 4.26. The third-order valence-corrected chi connectivity index (χ3v) is 5.15. The lowest BCUT2D eigenvalue weighted by atomic mass is 10.1. The summed E-state index contributed by atoms with van der Waals surface area (Å²) in [6.45, 7) is 4.11. The summed E-state index contributed by atoms with van der Waals surface area (Å²) in [5.74, 6) is 1.21. The van der Waals surface area contributed by atoms with Gasteiger partial charge in [-0.2, -0.15) is 10.2 Å². The molecule has 1 aliphatic rings. The number of aromatic nitrogens is 2. The number of hydrogen-bond acceptors (Lipinski definition) is 5. The fourth-order valence-corrected chi connectivity index (χ4v) is 3.58. The molecule has 0 bridgehead atoms. The predicted molar refractivity (Wildman–Crippen MR) is 70.9 cm³/mol.